The van der Waals surface area contributed by atoms with E-state index in [0.717, 1.165) is 58.9 Å². The molecule has 2 aromatic carbocycles. The zero-order chi connectivity index (χ0) is 25.3. The van der Waals surface area contributed by atoms with Gasteiger partial charge in [-0.25, -0.2) is 13.4 Å². The van der Waals surface area contributed by atoms with E-state index >= 15 is 0 Å². The van der Waals surface area contributed by atoms with Gasteiger partial charge in [0.2, 0.25) is 15.9 Å². The Bertz CT molecular complexity index is 1500. The zero-order valence-electron chi connectivity index (χ0n) is 20.4. The summed E-state index contributed by atoms with van der Waals surface area (Å²) in [6, 6.07) is 10.8. The first kappa shape index (κ1) is 24.7. The quantitative estimate of drug-likeness (QED) is 0.339. The first-order valence-corrected chi connectivity index (χ1v) is 14.5. The fourth-order valence-corrected chi connectivity index (χ4v) is 6.81. The second-order valence-corrected chi connectivity index (χ2v) is 12.0. The number of hydrogen-bond donors (Lipinski definition) is 1. The third-order valence-electron chi connectivity index (χ3n) is 6.80. The molecule has 0 radical (unpaired) electrons. The van der Waals surface area contributed by atoms with Gasteiger partial charge in [0.25, 0.3) is 0 Å². The first-order chi connectivity index (χ1) is 17.3. The molecule has 1 saturated heterocycles. The molecule has 1 aliphatic rings. The predicted molar refractivity (Wildman–Crippen MR) is 143 cm³/mol. The predicted octanol–water partition coefficient (Wildman–Crippen LogP) is 5.92. The number of carbonyl (C=O) groups is 1. The minimum atomic E-state index is -3.49. The molecule has 0 saturated carbocycles. The number of aryl methyl sites for hydroxylation is 2. The van der Waals surface area contributed by atoms with E-state index < -0.39 is 10.0 Å². The van der Waals surface area contributed by atoms with E-state index in [1.54, 1.807) is 34.8 Å². The van der Waals surface area contributed by atoms with Crippen molar-refractivity contribution in [3.63, 3.8) is 0 Å². The molecule has 0 spiro atoms. The highest BCUT2D eigenvalue weighted by Crippen LogP contribution is 2.29. The van der Waals surface area contributed by atoms with Crippen LogP contribution >= 0.6 is 11.3 Å². The third-order valence-corrected chi connectivity index (χ3v) is 9.47. The van der Waals surface area contributed by atoms with Gasteiger partial charge >= 0.3 is 0 Å². The normalized spacial score (nSPS) is 15.2. The Balaban J connectivity index is 1.26. The van der Waals surface area contributed by atoms with Crippen LogP contribution in [0.15, 0.2) is 57.4 Å². The Morgan fingerprint density at radius 2 is 1.78 bits per heavy atom. The lowest BCUT2D eigenvalue weighted by Crippen LogP contribution is -2.31. The fourth-order valence-electron chi connectivity index (χ4n) is 4.55. The van der Waals surface area contributed by atoms with Gasteiger partial charge in [-0.2, -0.15) is 4.31 Å². The van der Waals surface area contributed by atoms with Crippen LogP contribution in [0.2, 0.25) is 0 Å². The average Bonchev–Trinajstić information content (AvgIpc) is 3.39. The monoisotopic (exact) mass is 523 g/mol. The highest BCUT2D eigenvalue weighted by molar-refractivity contribution is 7.89. The molecule has 36 heavy (non-hydrogen) atoms. The Kier molecular flexibility index (Phi) is 6.96. The molecule has 188 valence electrons. The molecular weight excluding hydrogens is 494 g/mol. The van der Waals surface area contributed by atoms with Crippen molar-refractivity contribution in [3.05, 3.63) is 64.7 Å². The van der Waals surface area contributed by atoms with Gasteiger partial charge < -0.3 is 9.73 Å². The average molecular weight is 524 g/mol. The van der Waals surface area contributed by atoms with Gasteiger partial charge in [-0.3, -0.25) is 4.79 Å². The summed E-state index contributed by atoms with van der Waals surface area (Å²) in [7, 11) is -3.49. The van der Waals surface area contributed by atoms with E-state index in [4.69, 9.17) is 4.42 Å². The van der Waals surface area contributed by atoms with E-state index in [0.29, 0.717) is 28.8 Å². The van der Waals surface area contributed by atoms with Crippen LogP contribution in [0.5, 0.6) is 0 Å². The van der Waals surface area contributed by atoms with Crippen molar-refractivity contribution in [2.24, 2.45) is 0 Å². The van der Waals surface area contributed by atoms with Gasteiger partial charge in [-0.1, -0.05) is 37.1 Å². The largest absolute Gasteiger partial charge is 0.464 e. The maximum atomic E-state index is 13.0. The standard InChI is InChI=1S/C27H29N3O4S2/c1-18-7-12-23-21(16-34-26(23)19(18)2)15-25(31)29-27-28-24(17-35-27)20-8-10-22(11-9-20)36(32,33)30-13-5-3-4-6-14-30/h7-12,16-17H,3-6,13-15H2,1-2H3,(H,28,29,31). The van der Waals surface area contributed by atoms with Crippen LogP contribution in [-0.4, -0.2) is 36.7 Å². The molecule has 9 heteroatoms. The van der Waals surface area contributed by atoms with Crippen LogP contribution in [0.25, 0.3) is 22.2 Å². The summed E-state index contributed by atoms with van der Waals surface area (Å²) in [5.41, 5.74) is 5.37. The number of aromatic nitrogens is 1. The molecule has 7 nitrogen and oxygen atoms in total. The lowest BCUT2D eigenvalue weighted by molar-refractivity contribution is -0.115. The molecule has 0 aliphatic carbocycles. The number of furan rings is 1. The molecule has 2 aromatic heterocycles. The summed E-state index contributed by atoms with van der Waals surface area (Å²) in [6.07, 6.45) is 5.79. The number of nitrogens with zero attached hydrogens (tertiary/aromatic N) is 2. The van der Waals surface area contributed by atoms with Gasteiger partial charge in [0.1, 0.15) is 5.58 Å². The molecule has 0 bridgehead atoms. The second kappa shape index (κ2) is 10.2. The highest BCUT2D eigenvalue weighted by Gasteiger charge is 2.25. The SMILES string of the molecule is Cc1ccc2c(CC(=O)Nc3nc(-c4ccc(S(=O)(=O)N5CCCCCC5)cc4)cs3)coc2c1C. The van der Waals surface area contributed by atoms with Crippen LogP contribution < -0.4 is 5.32 Å². The zero-order valence-corrected chi connectivity index (χ0v) is 22.0. The van der Waals surface area contributed by atoms with Crippen LogP contribution in [0.4, 0.5) is 5.13 Å². The van der Waals surface area contributed by atoms with Gasteiger partial charge in [0.15, 0.2) is 5.13 Å². The minimum absolute atomic E-state index is 0.171. The number of carbonyl (C=O) groups excluding carboxylic acids is 1. The minimum Gasteiger partial charge on any atom is -0.464 e. The summed E-state index contributed by atoms with van der Waals surface area (Å²) in [5.74, 6) is -0.171. The lowest BCUT2D eigenvalue weighted by Gasteiger charge is -2.19. The van der Waals surface area contributed by atoms with Crippen molar-refractivity contribution in [2.45, 2.75) is 50.8 Å². The highest BCUT2D eigenvalue weighted by atomic mass is 32.2. The Hall–Kier alpha value is -3.01. The second-order valence-electron chi connectivity index (χ2n) is 9.25. The molecule has 1 aliphatic heterocycles. The first-order valence-electron chi connectivity index (χ1n) is 12.1. The van der Waals surface area contributed by atoms with E-state index in [2.05, 4.69) is 10.3 Å². The molecule has 1 fully saturated rings. The number of benzene rings is 2. The molecule has 0 unspecified atom stereocenters. The van der Waals surface area contributed by atoms with Crippen molar-refractivity contribution in [1.29, 1.82) is 0 Å². The van der Waals surface area contributed by atoms with Crippen molar-refractivity contribution in [1.82, 2.24) is 9.29 Å². The third kappa shape index (κ3) is 4.96. The summed E-state index contributed by atoms with van der Waals surface area (Å²) in [5, 5.41) is 6.17. The van der Waals surface area contributed by atoms with Crippen molar-refractivity contribution in [2.75, 3.05) is 18.4 Å². The van der Waals surface area contributed by atoms with Gasteiger partial charge in [-0.15, -0.1) is 11.3 Å². The van der Waals surface area contributed by atoms with Gasteiger partial charge in [0, 0.05) is 35.0 Å². The Morgan fingerprint density at radius 1 is 1.06 bits per heavy atom. The molecular formula is C27H29N3O4S2. The summed E-state index contributed by atoms with van der Waals surface area (Å²) < 4.78 is 33.3. The van der Waals surface area contributed by atoms with Crippen molar-refractivity contribution < 1.29 is 17.6 Å². The van der Waals surface area contributed by atoms with Crippen LogP contribution in [0, 0.1) is 13.8 Å². The topological polar surface area (TPSA) is 92.5 Å². The van der Waals surface area contributed by atoms with E-state index in [-0.39, 0.29) is 12.3 Å². The Labute approximate surface area is 215 Å². The van der Waals surface area contributed by atoms with Crippen LogP contribution in [0.1, 0.15) is 42.4 Å². The van der Waals surface area contributed by atoms with Gasteiger partial charge in [0.05, 0.1) is 23.3 Å². The molecule has 3 heterocycles. The molecule has 1 N–H and O–H groups in total. The molecule has 1 amide bonds. The van der Waals surface area contributed by atoms with Crippen LogP contribution in [-0.2, 0) is 21.2 Å². The number of nitrogens with one attached hydrogen (secondary N) is 1. The fraction of sp³-hybridized carbons (Fsp3) is 0.333. The van der Waals surface area contributed by atoms with E-state index in [1.807, 2.05) is 31.4 Å². The number of hydrogen-bond acceptors (Lipinski definition) is 6. The van der Waals surface area contributed by atoms with E-state index in [9.17, 15) is 13.2 Å². The number of anilines is 1. The maximum absolute atomic E-state index is 13.0. The molecule has 0 atom stereocenters. The van der Waals surface area contributed by atoms with Gasteiger partial charge in [-0.05, 0) is 49.9 Å². The summed E-state index contributed by atoms with van der Waals surface area (Å²) in [4.78, 5) is 17.5. The van der Waals surface area contributed by atoms with E-state index in [1.165, 1.54) is 11.3 Å². The van der Waals surface area contributed by atoms with Crippen LogP contribution in [0.3, 0.4) is 0 Å². The lowest BCUT2D eigenvalue weighted by atomic mass is 10.0. The smallest absolute Gasteiger partial charge is 0.243 e. The number of amides is 1. The number of thiazole rings is 1. The molecule has 5 rings (SSSR count). The Morgan fingerprint density at radius 3 is 2.50 bits per heavy atom. The summed E-state index contributed by atoms with van der Waals surface area (Å²) >= 11 is 1.34. The number of sulfonamides is 1. The van der Waals surface area contributed by atoms with Crippen molar-refractivity contribution in [3.8, 4) is 11.3 Å². The maximum Gasteiger partial charge on any atom is 0.243 e. The number of fused-ring (bicyclic) bond motifs is 1. The summed E-state index contributed by atoms with van der Waals surface area (Å²) in [6.45, 7) is 5.20. The number of rotatable bonds is 6. The molecule has 4 aromatic rings. The van der Waals surface area contributed by atoms with Crippen molar-refractivity contribution >= 4 is 43.4 Å².